The molecule has 152 valence electrons. The van der Waals surface area contributed by atoms with Crippen LogP contribution in [0.25, 0.3) is 11.3 Å². The van der Waals surface area contributed by atoms with Gasteiger partial charge in [-0.05, 0) is 63.6 Å². The fourth-order valence-electron chi connectivity index (χ4n) is 4.41. The fraction of sp³-hybridized carbons (Fsp3) is 0.400. The van der Waals surface area contributed by atoms with Crippen LogP contribution in [0.2, 0.25) is 0 Å². The minimum Gasteiger partial charge on any atom is -0.482 e. The van der Waals surface area contributed by atoms with Crippen LogP contribution in [0.15, 0.2) is 55.3 Å². The third kappa shape index (κ3) is 3.95. The van der Waals surface area contributed by atoms with Crippen molar-refractivity contribution in [3.63, 3.8) is 0 Å². The summed E-state index contributed by atoms with van der Waals surface area (Å²) in [6.45, 7) is 12.4. The highest BCUT2D eigenvalue weighted by Crippen LogP contribution is 2.42. The summed E-state index contributed by atoms with van der Waals surface area (Å²) < 4.78 is 6.56. The standard InChI is InChI=1S/C25H31N3O/c1-4-28(5-2)19(3)23-12-11-20(18-27-23)22-17-25(13-8-15-26-16-14-25)29-24-10-7-6-9-21(22)24/h6-7,9-12,17-18,26H,3-5,8,13-16H2,1-2H3. The summed E-state index contributed by atoms with van der Waals surface area (Å²) in [7, 11) is 0. The van der Waals surface area contributed by atoms with Crippen molar-refractivity contribution in [3.05, 3.63) is 72.1 Å². The van der Waals surface area contributed by atoms with E-state index in [1.807, 2.05) is 6.20 Å². The zero-order chi connectivity index (χ0) is 20.3. The molecule has 2 aromatic rings. The zero-order valence-electron chi connectivity index (χ0n) is 17.6. The highest BCUT2D eigenvalue weighted by Gasteiger charge is 2.36. The highest BCUT2D eigenvalue weighted by atomic mass is 16.5. The molecular weight excluding hydrogens is 358 g/mol. The first kappa shape index (κ1) is 19.7. The van der Waals surface area contributed by atoms with Crippen molar-refractivity contribution in [2.75, 3.05) is 26.2 Å². The maximum atomic E-state index is 6.56. The molecule has 0 radical (unpaired) electrons. The number of nitrogens with zero attached hydrogens (tertiary/aromatic N) is 2. The van der Waals surface area contributed by atoms with E-state index >= 15 is 0 Å². The summed E-state index contributed by atoms with van der Waals surface area (Å²) in [4.78, 5) is 7.00. The maximum absolute atomic E-state index is 6.56. The number of ether oxygens (including phenoxy) is 1. The number of nitrogens with one attached hydrogen (secondary N) is 1. The molecule has 2 aliphatic rings. The van der Waals surface area contributed by atoms with Gasteiger partial charge in [0.15, 0.2) is 0 Å². The molecule has 1 aromatic carbocycles. The second kappa shape index (κ2) is 8.42. The summed E-state index contributed by atoms with van der Waals surface area (Å²) >= 11 is 0. The van der Waals surface area contributed by atoms with Crippen LogP contribution in [0.4, 0.5) is 0 Å². The smallest absolute Gasteiger partial charge is 0.129 e. The number of benzene rings is 1. The molecule has 0 saturated carbocycles. The molecule has 1 N–H and O–H groups in total. The third-order valence-corrected chi connectivity index (χ3v) is 6.09. The number of pyridine rings is 1. The first-order chi connectivity index (χ1) is 14.2. The van der Waals surface area contributed by atoms with Crippen molar-refractivity contribution in [1.29, 1.82) is 0 Å². The van der Waals surface area contributed by atoms with Crippen LogP contribution >= 0.6 is 0 Å². The summed E-state index contributed by atoms with van der Waals surface area (Å²) in [5.41, 5.74) is 5.18. The van der Waals surface area contributed by atoms with Crippen LogP contribution in [0.1, 0.15) is 49.9 Å². The fourth-order valence-corrected chi connectivity index (χ4v) is 4.41. The van der Waals surface area contributed by atoms with Gasteiger partial charge in [0.05, 0.1) is 11.4 Å². The van der Waals surface area contributed by atoms with Crippen LogP contribution in [-0.4, -0.2) is 41.7 Å². The van der Waals surface area contributed by atoms with Crippen molar-refractivity contribution in [3.8, 4) is 5.75 Å². The Kier molecular flexibility index (Phi) is 5.72. The lowest BCUT2D eigenvalue weighted by molar-refractivity contribution is 0.103. The minimum atomic E-state index is -0.239. The molecule has 1 spiro atoms. The van der Waals surface area contributed by atoms with Crippen LogP contribution in [0.3, 0.4) is 0 Å². The molecular formula is C25H31N3O. The first-order valence-corrected chi connectivity index (χ1v) is 10.8. The molecule has 0 amide bonds. The Balaban J connectivity index is 1.71. The predicted molar refractivity (Wildman–Crippen MR) is 120 cm³/mol. The van der Waals surface area contributed by atoms with Gasteiger partial charge < -0.3 is 15.0 Å². The molecule has 2 aliphatic heterocycles. The van der Waals surface area contributed by atoms with E-state index < -0.39 is 0 Å². The Morgan fingerprint density at radius 3 is 2.72 bits per heavy atom. The first-order valence-electron chi connectivity index (χ1n) is 10.8. The van der Waals surface area contributed by atoms with Crippen LogP contribution in [-0.2, 0) is 0 Å². The van der Waals surface area contributed by atoms with Gasteiger partial charge in [0, 0.05) is 36.8 Å². The summed E-state index contributed by atoms with van der Waals surface area (Å²) in [6.07, 6.45) is 7.46. The molecule has 4 nitrogen and oxygen atoms in total. The van der Waals surface area contributed by atoms with E-state index in [4.69, 9.17) is 9.72 Å². The summed E-state index contributed by atoms with van der Waals surface area (Å²) in [5, 5.41) is 3.50. The van der Waals surface area contributed by atoms with E-state index in [0.717, 1.165) is 73.7 Å². The van der Waals surface area contributed by atoms with Gasteiger partial charge in [-0.3, -0.25) is 4.98 Å². The second-order valence-corrected chi connectivity index (χ2v) is 7.88. The Morgan fingerprint density at radius 1 is 1.14 bits per heavy atom. The Labute approximate surface area is 174 Å². The average molecular weight is 390 g/mol. The van der Waals surface area contributed by atoms with Crippen LogP contribution in [0.5, 0.6) is 5.75 Å². The molecule has 1 atom stereocenters. The van der Waals surface area contributed by atoms with Crippen molar-refractivity contribution in [1.82, 2.24) is 15.2 Å². The molecule has 0 bridgehead atoms. The Bertz CT molecular complexity index is 889. The third-order valence-electron chi connectivity index (χ3n) is 6.09. The van der Waals surface area contributed by atoms with Gasteiger partial charge in [0.1, 0.15) is 11.4 Å². The maximum Gasteiger partial charge on any atom is 0.129 e. The number of rotatable bonds is 5. The van der Waals surface area contributed by atoms with Crippen molar-refractivity contribution in [2.45, 2.75) is 38.7 Å². The normalized spacial score (nSPS) is 21.0. The van der Waals surface area contributed by atoms with Crippen molar-refractivity contribution < 1.29 is 4.74 Å². The van der Waals surface area contributed by atoms with Gasteiger partial charge in [0.25, 0.3) is 0 Å². The average Bonchev–Trinajstić information content (AvgIpc) is 2.99. The van der Waals surface area contributed by atoms with Crippen LogP contribution in [0, 0.1) is 0 Å². The lowest BCUT2D eigenvalue weighted by Crippen LogP contribution is -2.37. The molecule has 3 heterocycles. The topological polar surface area (TPSA) is 37.4 Å². The Hall–Kier alpha value is -2.59. The zero-order valence-corrected chi connectivity index (χ0v) is 17.6. The SMILES string of the molecule is C=C(c1ccc(C2=CC3(CCCNCC3)Oc3ccccc32)cn1)N(CC)CC. The molecule has 29 heavy (non-hydrogen) atoms. The van der Waals surface area contributed by atoms with Gasteiger partial charge in [-0.1, -0.05) is 30.8 Å². The number of hydrogen-bond acceptors (Lipinski definition) is 4. The van der Waals surface area contributed by atoms with Gasteiger partial charge in [-0.15, -0.1) is 0 Å². The number of aromatic nitrogens is 1. The quantitative estimate of drug-likeness (QED) is 0.802. The van der Waals surface area contributed by atoms with Crippen LogP contribution < -0.4 is 10.1 Å². The number of fused-ring (bicyclic) bond motifs is 1. The molecule has 1 unspecified atom stereocenters. The van der Waals surface area contributed by atoms with Gasteiger partial charge in [-0.2, -0.15) is 0 Å². The Morgan fingerprint density at radius 2 is 1.97 bits per heavy atom. The summed E-state index contributed by atoms with van der Waals surface area (Å²) in [5.74, 6) is 0.975. The lowest BCUT2D eigenvalue weighted by Gasteiger charge is -2.36. The van der Waals surface area contributed by atoms with Gasteiger partial charge in [0.2, 0.25) is 0 Å². The van der Waals surface area contributed by atoms with E-state index in [-0.39, 0.29) is 5.60 Å². The number of para-hydroxylation sites is 1. The molecule has 1 fully saturated rings. The molecule has 4 rings (SSSR count). The van der Waals surface area contributed by atoms with Gasteiger partial charge >= 0.3 is 0 Å². The molecule has 0 aliphatic carbocycles. The predicted octanol–water partition coefficient (Wildman–Crippen LogP) is 4.73. The lowest BCUT2D eigenvalue weighted by atomic mass is 9.85. The van der Waals surface area contributed by atoms with E-state index in [9.17, 15) is 0 Å². The van der Waals surface area contributed by atoms with Gasteiger partial charge in [-0.25, -0.2) is 0 Å². The molecule has 4 heteroatoms. The van der Waals surface area contributed by atoms with Crippen molar-refractivity contribution >= 4 is 11.3 Å². The molecule has 1 saturated heterocycles. The summed E-state index contributed by atoms with van der Waals surface area (Å²) in [6, 6.07) is 12.6. The van der Waals surface area contributed by atoms with E-state index in [1.165, 1.54) is 5.57 Å². The van der Waals surface area contributed by atoms with Crippen molar-refractivity contribution in [2.24, 2.45) is 0 Å². The number of hydrogen-bond donors (Lipinski definition) is 1. The second-order valence-electron chi connectivity index (χ2n) is 7.88. The van der Waals surface area contributed by atoms with E-state index in [1.54, 1.807) is 0 Å². The monoisotopic (exact) mass is 389 g/mol. The minimum absolute atomic E-state index is 0.239. The van der Waals surface area contributed by atoms with E-state index in [0.29, 0.717) is 0 Å². The molecule has 1 aromatic heterocycles. The highest BCUT2D eigenvalue weighted by molar-refractivity contribution is 5.84. The van der Waals surface area contributed by atoms with E-state index in [2.05, 4.69) is 73.1 Å². The largest absolute Gasteiger partial charge is 0.482 e.